The first kappa shape index (κ1) is 15.9. The highest BCUT2D eigenvalue weighted by molar-refractivity contribution is 5.94. The lowest BCUT2D eigenvalue weighted by molar-refractivity contribution is -0.497. The van der Waals surface area contributed by atoms with Crippen molar-refractivity contribution in [3.8, 4) is 11.6 Å². The fourth-order valence-corrected chi connectivity index (χ4v) is 2.34. The van der Waals surface area contributed by atoms with Crippen LogP contribution in [0.1, 0.15) is 17.5 Å². The fourth-order valence-electron chi connectivity index (χ4n) is 2.34. The van der Waals surface area contributed by atoms with Crippen molar-refractivity contribution in [1.29, 1.82) is 0 Å². The van der Waals surface area contributed by atoms with E-state index in [1.807, 2.05) is 32.0 Å². The SMILES string of the molecule is Cc1ccc(Oc2ccc(NC(=O)[C@@H]3C[C@@H]3[N+](=O)[O-])cn2)cc1C. The Balaban J connectivity index is 1.60. The van der Waals surface area contributed by atoms with Crippen molar-refractivity contribution in [2.45, 2.75) is 26.3 Å². The van der Waals surface area contributed by atoms with E-state index in [1.54, 1.807) is 12.1 Å². The van der Waals surface area contributed by atoms with Crippen LogP contribution in [-0.2, 0) is 4.79 Å². The smallest absolute Gasteiger partial charge is 0.234 e. The summed E-state index contributed by atoms with van der Waals surface area (Å²) in [5.74, 6) is 0.202. The zero-order chi connectivity index (χ0) is 17.3. The number of nitro groups is 1. The van der Waals surface area contributed by atoms with Crippen molar-refractivity contribution in [1.82, 2.24) is 4.98 Å². The zero-order valence-electron chi connectivity index (χ0n) is 13.4. The number of anilines is 1. The standard InChI is InChI=1S/C17H17N3O4/c1-10-3-5-13(7-11(10)2)24-16-6-4-12(9-18-16)19-17(21)14-8-15(14)20(22)23/h3-7,9,14-15H,8H2,1-2H3,(H,19,21)/t14-,15+/m1/s1. The number of rotatable bonds is 5. The highest BCUT2D eigenvalue weighted by Crippen LogP contribution is 2.34. The largest absolute Gasteiger partial charge is 0.439 e. The van der Waals surface area contributed by atoms with Crippen LogP contribution in [0.2, 0.25) is 0 Å². The molecule has 1 N–H and O–H groups in total. The van der Waals surface area contributed by atoms with E-state index in [9.17, 15) is 14.9 Å². The molecule has 7 nitrogen and oxygen atoms in total. The van der Waals surface area contributed by atoms with Gasteiger partial charge in [-0.3, -0.25) is 14.9 Å². The van der Waals surface area contributed by atoms with Gasteiger partial charge in [0.25, 0.3) is 0 Å². The van der Waals surface area contributed by atoms with Crippen LogP contribution in [0.25, 0.3) is 0 Å². The second-order valence-electron chi connectivity index (χ2n) is 5.92. The molecule has 2 atom stereocenters. The van der Waals surface area contributed by atoms with Gasteiger partial charge in [-0.05, 0) is 43.2 Å². The van der Waals surface area contributed by atoms with Gasteiger partial charge in [0.2, 0.25) is 17.8 Å². The number of amides is 1. The third kappa shape index (κ3) is 3.51. The van der Waals surface area contributed by atoms with E-state index in [0.29, 0.717) is 23.7 Å². The third-order valence-electron chi connectivity index (χ3n) is 4.07. The molecule has 1 aliphatic carbocycles. The van der Waals surface area contributed by atoms with Crippen LogP contribution in [0.5, 0.6) is 11.6 Å². The number of carbonyl (C=O) groups excluding carboxylic acids is 1. The summed E-state index contributed by atoms with van der Waals surface area (Å²) in [6, 6.07) is 8.31. The molecule has 1 heterocycles. The number of carbonyl (C=O) groups is 1. The third-order valence-corrected chi connectivity index (χ3v) is 4.07. The average molecular weight is 327 g/mol. The molecule has 0 unspecified atom stereocenters. The van der Waals surface area contributed by atoms with Crippen molar-refractivity contribution in [2.75, 3.05) is 5.32 Å². The first-order valence-electron chi connectivity index (χ1n) is 7.59. The Morgan fingerprint density at radius 2 is 2.08 bits per heavy atom. The molecule has 24 heavy (non-hydrogen) atoms. The summed E-state index contributed by atoms with van der Waals surface area (Å²) in [5, 5.41) is 13.2. The monoisotopic (exact) mass is 327 g/mol. The maximum absolute atomic E-state index is 11.9. The number of aryl methyl sites for hydroxylation is 2. The predicted molar refractivity (Wildman–Crippen MR) is 87.7 cm³/mol. The Bertz CT molecular complexity index is 789. The molecule has 0 saturated heterocycles. The summed E-state index contributed by atoms with van der Waals surface area (Å²) in [7, 11) is 0. The molecule has 7 heteroatoms. The molecule has 1 aromatic heterocycles. The van der Waals surface area contributed by atoms with Gasteiger partial charge in [0.1, 0.15) is 11.7 Å². The molecule has 2 aromatic rings. The van der Waals surface area contributed by atoms with Gasteiger partial charge in [-0.15, -0.1) is 0 Å². The number of hydrogen-bond donors (Lipinski definition) is 1. The summed E-state index contributed by atoms with van der Waals surface area (Å²) in [6.07, 6.45) is 1.76. The van der Waals surface area contributed by atoms with Crippen molar-refractivity contribution in [3.63, 3.8) is 0 Å². The number of hydrogen-bond acceptors (Lipinski definition) is 5. The Morgan fingerprint density at radius 1 is 1.29 bits per heavy atom. The molecule has 1 saturated carbocycles. The Labute approximate surface area is 138 Å². The van der Waals surface area contributed by atoms with Gasteiger partial charge >= 0.3 is 0 Å². The number of nitrogens with one attached hydrogen (secondary N) is 1. The van der Waals surface area contributed by atoms with Crippen molar-refractivity contribution in [2.24, 2.45) is 5.92 Å². The first-order chi connectivity index (χ1) is 11.4. The summed E-state index contributed by atoms with van der Waals surface area (Å²) in [4.78, 5) is 26.2. The molecule has 1 amide bonds. The molecular weight excluding hydrogens is 310 g/mol. The molecule has 1 fully saturated rings. The molecule has 0 spiro atoms. The number of ether oxygens (including phenoxy) is 1. The second-order valence-corrected chi connectivity index (χ2v) is 5.92. The van der Waals surface area contributed by atoms with E-state index in [1.165, 1.54) is 11.8 Å². The van der Waals surface area contributed by atoms with Gasteiger partial charge < -0.3 is 10.1 Å². The second kappa shape index (κ2) is 6.27. The van der Waals surface area contributed by atoms with E-state index < -0.39 is 16.9 Å². The normalized spacial score (nSPS) is 18.8. The van der Waals surface area contributed by atoms with E-state index >= 15 is 0 Å². The van der Waals surface area contributed by atoms with E-state index in [4.69, 9.17) is 4.74 Å². The molecule has 124 valence electrons. The van der Waals surface area contributed by atoms with Gasteiger partial charge in [0, 0.05) is 17.4 Å². The zero-order valence-corrected chi connectivity index (χ0v) is 13.4. The van der Waals surface area contributed by atoms with Crippen LogP contribution in [0.3, 0.4) is 0 Å². The van der Waals surface area contributed by atoms with Crippen LogP contribution in [0.4, 0.5) is 5.69 Å². The lowest BCUT2D eigenvalue weighted by Gasteiger charge is -2.08. The van der Waals surface area contributed by atoms with E-state index in [0.717, 1.165) is 5.56 Å². The van der Waals surface area contributed by atoms with Crippen molar-refractivity contribution >= 4 is 11.6 Å². The minimum absolute atomic E-state index is 0.292. The molecule has 1 aliphatic rings. The molecule has 0 bridgehead atoms. The lowest BCUT2D eigenvalue weighted by atomic mass is 10.1. The highest BCUT2D eigenvalue weighted by atomic mass is 16.6. The number of aromatic nitrogens is 1. The fraction of sp³-hybridized carbons (Fsp3) is 0.294. The van der Waals surface area contributed by atoms with Gasteiger partial charge in [-0.1, -0.05) is 6.07 Å². The number of pyridine rings is 1. The van der Waals surface area contributed by atoms with Crippen LogP contribution in [-0.4, -0.2) is 21.9 Å². The Morgan fingerprint density at radius 3 is 2.67 bits per heavy atom. The maximum Gasteiger partial charge on any atom is 0.234 e. The van der Waals surface area contributed by atoms with Crippen molar-refractivity contribution < 1.29 is 14.5 Å². The van der Waals surface area contributed by atoms with E-state index in [2.05, 4.69) is 10.3 Å². The van der Waals surface area contributed by atoms with E-state index in [-0.39, 0.29) is 5.91 Å². The number of nitrogens with zero attached hydrogens (tertiary/aromatic N) is 2. The lowest BCUT2D eigenvalue weighted by Crippen LogP contribution is -2.18. The van der Waals surface area contributed by atoms with Gasteiger partial charge in [0.05, 0.1) is 11.9 Å². The summed E-state index contributed by atoms with van der Waals surface area (Å²) < 4.78 is 5.67. The first-order valence-corrected chi connectivity index (χ1v) is 7.59. The minimum Gasteiger partial charge on any atom is -0.439 e. The topological polar surface area (TPSA) is 94.4 Å². The quantitative estimate of drug-likeness (QED) is 0.672. The molecule has 0 radical (unpaired) electrons. The van der Waals surface area contributed by atoms with Crippen molar-refractivity contribution in [3.05, 3.63) is 57.8 Å². The minimum atomic E-state index is -0.759. The molecule has 1 aromatic carbocycles. The van der Waals surface area contributed by atoms with Gasteiger partial charge in [0.15, 0.2) is 0 Å². The summed E-state index contributed by atoms with van der Waals surface area (Å²) in [6.45, 7) is 4.03. The van der Waals surface area contributed by atoms with Crippen LogP contribution in [0, 0.1) is 29.9 Å². The van der Waals surface area contributed by atoms with Gasteiger partial charge in [-0.2, -0.15) is 0 Å². The summed E-state index contributed by atoms with van der Waals surface area (Å²) in [5.41, 5.74) is 2.80. The van der Waals surface area contributed by atoms with Crippen LogP contribution >= 0.6 is 0 Å². The number of benzene rings is 1. The summed E-state index contributed by atoms with van der Waals surface area (Å²) >= 11 is 0. The predicted octanol–water partition coefficient (Wildman–Crippen LogP) is 3.09. The maximum atomic E-state index is 11.9. The highest BCUT2D eigenvalue weighted by Gasteiger charge is 2.53. The van der Waals surface area contributed by atoms with Crippen LogP contribution in [0.15, 0.2) is 36.5 Å². The molecule has 0 aliphatic heterocycles. The Hall–Kier alpha value is -2.96. The average Bonchev–Trinajstić information content (AvgIpc) is 3.34. The molecule has 3 rings (SSSR count). The molecular formula is C17H17N3O4. The Kier molecular flexibility index (Phi) is 4.16. The van der Waals surface area contributed by atoms with Gasteiger partial charge in [-0.25, -0.2) is 4.98 Å². The van der Waals surface area contributed by atoms with Crippen LogP contribution < -0.4 is 10.1 Å².